The first-order valence-electron chi connectivity index (χ1n) is 7.40. The molecule has 0 spiro atoms. The number of aliphatic carboxylic acids is 1. The predicted octanol–water partition coefficient (Wildman–Crippen LogP) is 1.49. The number of nitrogens with zero attached hydrogens (tertiary/aromatic N) is 1. The van der Waals surface area contributed by atoms with Crippen LogP contribution >= 0.6 is 0 Å². The molecule has 1 fully saturated rings. The van der Waals surface area contributed by atoms with E-state index >= 15 is 0 Å². The van der Waals surface area contributed by atoms with Gasteiger partial charge >= 0.3 is 12.0 Å². The van der Waals surface area contributed by atoms with Gasteiger partial charge < -0.3 is 5.11 Å². The van der Waals surface area contributed by atoms with E-state index in [9.17, 15) is 14.4 Å². The predicted molar refractivity (Wildman–Crippen MR) is 77.3 cm³/mol. The Hall–Kier alpha value is -1.63. The highest BCUT2D eigenvalue weighted by Gasteiger charge is 2.26. The van der Waals surface area contributed by atoms with Gasteiger partial charge in [-0.25, -0.2) is 9.80 Å². The molecule has 0 aliphatic carbocycles. The lowest BCUT2D eigenvalue weighted by molar-refractivity contribution is -0.138. The molecule has 3 amide bonds. The molecule has 3 N–H and O–H groups in total. The SMILES string of the molecule is CC(CC(=O)O)CC(=O)NC(=O)NN1C(C)CCCC1C. The zero-order valence-corrected chi connectivity index (χ0v) is 12.9. The van der Waals surface area contributed by atoms with Crippen LogP contribution in [0.15, 0.2) is 0 Å². The zero-order valence-electron chi connectivity index (χ0n) is 12.9. The smallest absolute Gasteiger partial charge is 0.335 e. The van der Waals surface area contributed by atoms with Crippen molar-refractivity contribution in [1.82, 2.24) is 15.8 Å². The third kappa shape index (κ3) is 6.12. The summed E-state index contributed by atoms with van der Waals surface area (Å²) >= 11 is 0. The average Bonchev–Trinajstić information content (AvgIpc) is 2.32. The normalized spacial score (nSPS) is 24.1. The van der Waals surface area contributed by atoms with Gasteiger partial charge in [-0.15, -0.1) is 0 Å². The topological polar surface area (TPSA) is 98.7 Å². The zero-order chi connectivity index (χ0) is 16.0. The summed E-state index contributed by atoms with van der Waals surface area (Å²) in [5.74, 6) is -1.71. The minimum atomic E-state index is -0.948. The van der Waals surface area contributed by atoms with Crippen LogP contribution in [0.3, 0.4) is 0 Å². The van der Waals surface area contributed by atoms with Gasteiger partial charge in [0.15, 0.2) is 0 Å². The Balaban J connectivity index is 2.38. The lowest BCUT2D eigenvalue weighted by atomic mass is 10.00. The van der Waals surface area contributed by atoms with Crippen molar-refractivity contribution in [2.24, 2.45) is 5.92 Å². The monoisotopic (exact) mass is 299 g/mol. The van der Waals surface area contributed by atoms with Crippen molar-refractivity contribution in [3.63, 3.8) is 0 Å². The van der Waals surface area contributed by atoms with E-state index < -0.39 is 17.9 Å². The van der Waals surface area contributed by atoms with Crippen molar-refractivity contribution in [1.29, 1.82) is 0 Å². The molecule has 1 saturated heterocycles. The summed E-state index contributed by atoms with van der Waals surface area (Å²) in [7, 11) is 0. The number of hydrogen-bond donors (Lipinski definition) is 3. The van der Waals surface area contributed by atoms with E-state index in [-0.39, 0.29) is 30.8 Å². The van der Waals surface area contributed by atoms with Crippen LogP contribution in [0.2, 0.25) is 0 Å². The van der Waals surface area contributed by atoms with E-state index in [4.69, 9.17) is 5.11 Å². The molecule has 7 heteroatoms. The molecule has 1 rings (SSSR count). The number of imide groups is 1. The Morgan fingerprint density at radius 1 is 1.19 bits per heavy atom. The summed E-state index contributed by atoms with van der Waals surface area (Å²) in [6.07, 6.45) is 3.08. The number of carbonyl (C=O) groups excluding carboxylic acids is 2. The van der Waals surface area contributed by atoms with Crippen LogP contribution in [0.1, 0.15) is 52.9 Å². The summed E-state index contributed by atoms with van der Waals surface area (Å²) in [6.45, 7) is 5.74. The van der Waals surface area contributed by atoms with Crippen LogP contribution < -0.4 is 10.7 Å². The highest BCUT2D eigenvalue weighted by Crippen LogP contribution is 2.20. The number of piperidine rings is 1. The number of rotatable bonds is 5. The molecule has 0 aromatic heterocycles. The molecule has 3 atom stereocenters. The van der Waals surface area contributed by atoms with E-state index in [0.29, 0.717) is 0 Å². The molecular weight excluding hydrogens is 274 g/mol. The van der Waals surface area contributed by atoms with Gasteiger partial charge in [0.1, 0.15) is 0 Å². The highest BCUT2D eigenvalue weighted by atomic mass is 16.4. The first-order chi connectivity index (χ1) is 9.79. The van der Waals surface area contributed by atoms with Gasteiger partial charge in [0.2, 0.25) is 5.91 Å². The van der Waals surface area contributed by atoms with E-state index in [0.717, 1.165) is 19.3 Å². The van der Waals surface area contributed by atoms with Crippen molar-refractivity contribution >= 4 is 17.9 Å². The van der Waals surface area contributed by atoms with E-state index in [1.165, 1.54) is 0 Å². The summed E-state index contributed by atoms with van der Waals surface area (Å²) in [6, 6.07) is -0.0794. The molecule has 0 aromatic rings. The van der Waals surface area contributed by atoms with Gasteiger partial charge in [-0.3, -0.25) is 20.3 Å². The fourth-order valence-corrected chi connectivity index (χ4v) is 2.65. The number of hydrogen-bond acceptors (Lipinski definition) is 4. The van der Waals surface area contributed by atoms with Crippen molar-refractivity contribution < 1.29 is 19.5 Å². The summed E-state index contributed by atoms with van der Waals surface area (Å²) in [4.78, 5) is 34.0. The fourth-order valence-electron chi connectivity index (χ4n) is 2.65. The largest absolute Gasteiger partial charge is 0.481 e. The van der Waals surface area contributed by atoms with Crippen LogP contribution in [-0.2, 0) is 9.59 Å². The van der Waals surface area contributed by atoms with Crippen LogP contribution in [-0.4, -0.2) is 40.1 Å². The molecular formula is C14H25N3O4. The quantitative estimate of drug-likeness (QED) is 0.714. The van der Waals surface area contributed by atoms with Crippen LogP contribution in [0.5, 0.6) is 0 Å². The molecule has 21 heavy (non-hydrogen) atoms. The molecule has 0 radical (unpaired) electrons. The minimum absolute atomic E-state index is 0.0187. The Labute approximate surface area is 125 Å². The molecule has 120 valence electrons. The Morgan fingerprint density at radius 3 is 2.29 bits per heavy atom. The van der Waals surface area contributed by atoms with Crippen molar-refractivity contribution in [3.8, 4) is 0 Å². The number of carbonyl (C=O) groups is 3. The lowest BCUT2D eigenvalue weighted by Crippen LogP contribution is -2.57. The number of carboxylic acid groups (broad SMARTS) is 1. The average molecular weight is 299 g/mol. The summed E-state index contributed by atoms with van der Waals surface area (Å²) in [5, 5.41) is 12.8. The van der Waals surface area contributed by atoms with Crippen molar-refractivity contribution in [2.75, 3.05) is 0 Å². The fraction of sp³-hybridized carbons (Fsp3) is 0.786. The van der Waals surface area contributed by atoms with Gasteiger partial charge in [-0.1, -0.05) is 13.3 Å². The van der Waals surface area contributed by atoms with Crippen LogP contribution in [0, 0.1) is 5.92 Å². The summed E-state index contributed by atoms with van der Waals surface area (Å²) < 4.78 is 0. The van der Waals surface area contributed by atoms with Crippen molar-refractivity contribution in [2.45, 2.75) is 65.0 Å². The molecule has 1 aliphatic rings. The molecule has 1 heterocycles. The molecule has 0 saturated carbocycles. The number of carboxylic acids is 1. The first-order valence-corrected chi connectivity index (χ1v) is 7.40. The van der Waals surface area contributed by atoms with Gasteiger partial charge in [-0.05, 0) is 32.6 Å². The maximum Gasteiger partial charge on any atom is 0.335 e. The second-order valence-electron chi connectivity index (χ2n) is 5.93. The maximum absolute atomic E-state index is 11.8. The van der Waals surface area contributed by atoms with E-state index in [2.05, 4.69) is 10.7 Å². The molecule has 1 aliphatic heterocycles. The van der Waals surface area contributed by atoms with E-state index in [1.54, 1.807) is 6.92 Å². The second-order valence-corrected chi connectivity index (χ2v) is 5.93. The Bertz CT molecular complexity index is 390. The van der Waals surface area contributed by atoms with Gasteiger partial charge in [0, 0.05) is 24.9 Å². The van der Waals surface area contributed by atoms with Gasteiger partial charge in [-0.2, -0.15) is 0 Å². The number of hydrazine groups is 1. The Kier molecular flexibility index (Phi) is 6.61. The number of nitrogens with one attached hydrogen (secondary N) is 2. The van der Waals surface area contributed by atoms with E-state index in [1.807, 2.05) is 18.9 Å². The molecule has 0 bridgehead atoms. The maximum atomic E-state index is 11.8. The molecule has 3 unspecified atom stereocenters. The lowest BCUT2D eigenvalue weighted by Gasteiger charge is -2.38. The standard InChI is InChI=1S/C14H25N3O4/c1-9(8-13(19)20)7-12(18)15-14(21)16-17-10(2)5-4-6-11(17)3/h9-11H,4-8H2,1-3H3,(H,19,20)(H2,15,16,18,21). The molecule has 7 nitrogen and oxygen atoms in total. The number of amides is 3. The molecule has 0 aromatic carbocycles. The summed E-state index contributed by atoms with van der Waals surface area (Å²) in [5.41, 5.74) is 2.71. The minimum Gasteiger partial charge on any atom is -0.481 e. The van der Waals surface area contributed by atoms with Crippen molar-refractivity contribution in [3.05, 3.63) is 0 Å². The number of urea groups is 1. The third-order valence-electron chi connectivity index (χ3n) is 3.73. The van der Waals surface area contributed by atoms with Crippen LogP contribution in [0.4, 0.5) is 4.79 Å². The second kappa shape index (κ2) is 7.97. The highest BCUT2D eigenvalue weighted by molar-refractivity contribution is 5.94. The first kappa shape index (κ1) is 17.4. The Morgan fingerprint density at radius 2 is 1.76 bits per heavy atom. The van der Waals surface area contributed by atoms with Crippen LogP contribution in [0.25, 0.3) is 0 Å². The third-order valence-corrected chi connectivity index (χ3v) is 3.73. The van der Waals surface area contributed by atoms with Gasteiger partial charge in [0.05, 0.1) is 0 Å². The van der Waals surface area contributed by atoms with Gasteiger partial charge in [0.25, 0.3) is 0 Å².